The van der Waals surface area contributed by atoms with Gasteiger partial charge in [0.25, 0.3) is 0 Å². The first kappa shape index (κ1) is 17.2. The first-order valence-corrected chi connectivity index (χ1v) is 9.49. The van der Waals surface area contributed by atoms with Crippen molar-refractivity contribution in [3.63, 3.8) is 0 Å². The zero-order valence-electron chi connectivity index (χ0n) is 15.5. The Bertz CT molecular complexity index is 1050. The lowest BCUT2D eigenvalue weighted by Crippen LogP contribution is -2.45. The van der Waals surface area contributed by atoms with Crippen LogP contribution < -0.4 is 4.90 Å². The average Bonchev–Trinajstić information content (AvgIpc) is 3.30. The van der Waals surface area contributed by atoms with Gasteiger partial charge in [-0.25, -0.2) is 0 Å². The standard InChI is InChI=1S/C23H21NO4/c1-13(2)12-18-23-11-10-17(28-23)19(22(26)27)20(23)21(25)24(18)16-9-5-7-14-6-3-4-8-15(14)16/h3-11,17-20H,1,12H2,2H3,(H,26,27)/t17-,18-,19-,20+,23-/m1/s1. The molecule has 28 heavy (non-hydrogen) atoms. The van der Waals surface area contributed by atoms with E-state index in [0.717, 1.165) is 22.0 Å². The maximum atomic E-state index is 13.6. The average molecular weight is 375 g/mol. The van der Waals surface area contributed by atoms with Gasteiger partial charge in [-0.05, 0) is 24.8 Å². The van der Waals surface area contributed by atoms with Crippen LogP contribution in [0.4, 0.5) is 5.69 Å². The Morgan fingerprint density at radius 2 is 2.00 bits per heavy atom. The predicted molar refractivity (Wildman–Crippen MR) is 106 cm³/mol. The van der Waals surface area contributed by atoms with Gasteiger partial charge in [0.2, 0.25) is 5.91 Å². The molecule has 2 aromatic carbocycles. The number of hydrogen-bond acceptors (Lipinski definition) is 3. The van der Waals surface area contributed by atoms with Gasteiger partial charge in [0.05, 0.1) is 23.8 Å². The van der Waals surface area contributed by atoms with Crippen molar-refractivity contribution >= 4 is 28.3 Å². The summed E-state index contributed by atoms with van der Waals surface area (Å²) in [6, 6.07) is 13.4. The maximum Gasteiger partial charge on any atom is 0.310 e. The van der Waals surface area contributed by atoms with Crippen LogP contribution in [0.2, 0.25) is 0 Å². The molecule has 2 aromatic rings. The smallest absolute Gasteiger partial charge is 0.310 e. The zero-order chi connectivity index (χ0) is 19.6. The minimum Gasteiger partial charge on any atom is -0.481 e. The number of nitrogens with zero attached hydrogens (tertiary/aromatic N) is 1. The van der Waals surface area contributed by atoms with Crippen LogP contribution in [-0.2, 0) is 14.3 Å². The minimum absolute atomic E-state index is 0.179. The summed E-state index contributed by atoms with van der Waals surface area (Å²) < 4.78 is 6.21. The topological polar surface area (TPSA) is 66.8 Å². The minimum atomic E-state index is -0.983. The molecule has 0 unspecified atom stereocenters. The number of carbonyl (C=O) groups excluding carboxylic acids is 1. The van der Waals surface area contributed by atoms with Crippen LogP contribution >= 0.6 is 0 Å². The van der Waals surface area contributed by atoms with Crippen LogP contribution in [-0.4, -0.2) is 34.7 Å². The van der Waals surface area contributed by atoms with Gasteiger partial charge in [0.1, 0.15) is 11.5 Å². The lowest BCUT2D eigenvalue weighted by molar-refractivity contribution is -0.146. The maximum absolute atomic E-state index is 13.6. The molecule has 5 atom stereocenters. The Kier molecular flexibility index (Phi) is 3.55. The molecule has 0 aliphatic carbocycles. The monoisotopic (exact) mass is 375 g/mol. The van der Waals surface area contributed by atoms with Crippen LogP contribution in [0.5, 0.6) is 0 Å². The van der Waals surface area contributed by atoms with Crippen LogP contribution in [0, 0.1) is 11.8 Å². The summed E-state index contributed by atoms with van der Waals surface area (Å²) in [6.45, 7) is 5.97. The first-order chi connectivity index (χ1) is 13.4. The number of aliphatic carboxylic acids is 1. The number of amides is 1. The van der Waals surface area contributed by atoms with Gasteiger partial charge in [0, 0.05) is 5.39 Å². The number of carboxylic acids is 1. The molecule has 0 radical (unpaired) electrons. The van der Waals surface area contributed by atoms with E-state index in [1.54, 1.807) is 11.0 Å². The Balaban J connectivity index is 1.71. The van der Waals surface area contributed by atoms with Crippen LogP contribution in [0.25, 0.3) is 10.8 Å². The molecule has 5 nitrogen and oxygen atoms in total. The normalized spacial score (nSPS) is 32.9. The summed E-state index contributed by atoms with van der Waals surface area (Å²) in [5.41, 5.74) is 0.806. The molecule has 5 heteroatoms. The van der Waals surface area contributed by atoms with E-state index in [1.165, 1.54) is 0 Å². The summed E-state index contributed by atoms with van der Waals surface area (Å²) >= 11 is 0. The molecular formula is C23H21NO4. The molecule has 1 N–H and O–H groups in total. The Labute approximate surface area is 162 Å². The third-order valence-corrected chi connectivity index (χ3v) is 6.27. The molecule has 3 aliphatic heterocycles. The second-order valence-corrected chi connectivity index (χ2v) is 8.02. The van der Waals surface area contributed by atoms with E-state index in [1.807, 2.05) is 55.5 Å². The van der Waals surface area contributed by atoms with E-state index in [-0.39, 0.29) is 11.9 Å². The summed E-state index contributed by atoms with van der Waals surface area (Å²) in [5.74, 6) is -2.74. The fourth-order valence-electron chi connectivity index (χ4n) is 5.22. The van der Waals surface area contributed by atoms with Crippen LogP contribution in [0.3, 0.4) is 0 Å². The Hall–Kier alpha value is -2.92. The second kappa shape index (κ2) is 5.79. The van der Waals surface area contributed by atoms with E-state index in [2.05, 4.69) is 6.58 Å². The van der Waals surface area contributed by atoms with Crippen molar-refractivity contribution in [1.82, 2.24) is 0 Å². The highest BCUT2D eigenvalue weighted by Gasteiger charge is 2.71. The zero-order valence-corrected chi connectivity index (χ0v) is 15.5. The number of carbonyl (C=O) groups is 2. The molecule has 2 saturated heterocycles. The molecule has 142 valence electrons. The fourth-order valence-corrected chi connectivity index (χ4v) is 5.22. The number of fused-ring (bicyclic) bond motifs is 2. The number of benzene rings is 2. The van der Waals surface area contributed by atoms with E-state index in [4.69, 9.17) is 4.74 Å². The number of ether oxygens (including phenoxy) is 1. The molecule has 3 heterocycles. The van der Waals surface area contributed by atoms with E-state index in [9.17, 15) is 14.7 Å². The summed E-state index contributed by atoms with van der Waals surface area (Å²) in [7, 11) is 0. The van der Waals surface area contributed by atoms with Gasteiger partial charge in [-0.1, -0.05) is 54.1 Å². The molecule has 2 fully saturated rings. The summed E-state index contributed by atoms with van der Waals surface area (Å²) in [5, 5.41) is 11.8. The van der Waals surface area contributed by atoms with Crippen LogP contribution in [0.1, 0.15) is 13.3 Å². The van der Waals surface area contributed by atoms with Gasteiger partial charge in [-0.3, -0.25) is 9.59 Å². The van der Waals surface area contributed by atoms with Crippen molar-refractivity contribution < 1.29 is 19.4 Å². The van der Waals surface area contributed by atoms with E-state index in [0.29, 0.717) is 6.42 Å². The molecule has 0 aromatic heterocycles. The molecule has 2 bridgehead atoms. The van der Waals surface area contributed by atoms with Crippen molar-refractivity contribution in [2.24, 2.45) is 11.8 Å². The van der Waals surface area contributed by atoms with Gasteiger partial charge in [0.15, 0.2) is 0 Å². The Morgan fingerprint density at radius 1 is 1.25 bits per heavy atom. The van der Waals surface area contributed by atoms with Crippen molar-refractivity contribution in [2.75, 3.05) is 4.90 Å². The van der Waals surface area contributed by atoms with Gasteiger partial charge >= 0.3 is 5.97 Å². The largest absolute Gasteiger partial charge is 0.481 e. The van der Waals surface area contributed by atoms with Gasteiger partial charge in [-0.2, -0.15) is 0 Å². The Morgan fingerprint density at radius 3 is 2.75 bits per heavy atom. The number of carboxylic acid groups (broad SMARTS) is 1. The van der Waals surface area contributed by atoms with E-state index >= 15 is 0 Å². The summed E-state index contributed by atoms with van der Waals surface area (Å²) in [6.07, 6.45) is 3.72. The third kappa shape index (κ3) is 2.11. The number of rotatable bonds is 4. The highest BCUT2D eigenvalue weighted by Crippen LogP contribution is 2.57. The highest BCUT2D eigenvalue weighted by atomic mass is 16.5. The second-order valence-electron chi connectivity index (χ2n) is 8.02. The number of hydrogen-bond donors (Lipinski definition) is 1. The molecule has 5 rings (SSSR count). The lowest BCUT2D eigenvalue weighted by Gasteiger charge is -2.34. The quantitative estimate of drug-likeness (QED) is 0.830. The lowest BCUT2D eigenvalue weighted by atomic mass is 9.74. The van der Waals surface area contributed by atoms with E-state index < -0.39 is 29.5 Å². The van der Waals surface area contributed by atoms with Gasteiger partial charge < -0.3 is 14.7 Å². The van der Waals surface area contributed by atoms with Crippen molar-refractivity contribution in [3.8, 4) is 0 Å². The first-order valence-electron chi connectivity index (χ1n) is 9.49. The van der Waals surface area contributed by atoms with Crippen LogP contribution in [0.15, 0.2) is 66.8 Å². The predicted octanol–water partition coefficient (Wildman–Crippen LogP) is 3.55. The molecule has 0 saturated carbocycles. The molecular weight excluding hydrogens is 354 g/mol. The SMILES string of the molecule is C=C(C)C[C@H]1N(c2cccc3ccccc23)C(=O)[C@@H]2[C@H](C(=O)O)[C@H]3C=C[C@]21O3. The molecule has 3 aliphatic rings. The molecule has 1 spiro atoms. The number of anilines is 1. The van der Waals surface area contributed by atoms with Crippen molar-refractivity contribution in [1.29, 1.82) is 0 Å². The summed E-state index contributed by atoms with van der Waals surface area (Å²) in [4.78, 5) is 27.4. The van der Waals surface area contributed by atoms with Gasteiger partial charge in [-0.15, -0.1) is 6.58 Å². The van der Waals surface area contributed by atoms with Crippen molar-refractivity contribution in [3.05, 3.63) is 66.8 Å². The fraction of sp³-hybridized carbons (Fsp3) is 0.304. The third-order valence-electron chi connectivity index (χ3n) is 6.27. The van der Waals surface area contributed by atoms with Crippen molar-refractivity contribution in [2.45, 2.75) is 31.1 Å². The molecule has 1 amide bonds. The highest BCUT2D eigenvalue weighted by molar-refractivity contribution is 6.09.